The van der Waals surface area contributed by atoms with Crippen LogP contribution in [-0.2, 0) is 10.8 Å². The van der Waals surface area contributed by atoms with E-state index in [9.17, 15) is 9.00 Å². The summed E-state index contributed by atoms with van der Waals surface area (Å²) in [4.78, 5) is 19.1. The Morgan fingerprint density at radius 3 is 2.76 bits per heavy atom. The highest BCUT2D eigenvalue weighted by atomic mass is 32.2. The maximum Gasteiger partial charge on any atom is 0.374 e. The largest absolute Gasteiger partial charge is 0.475 e. The van der Waals surface area contributed by atoms with E-state index in [0.29, 0.717) is 24.3 Å². The van der Waals surface area contributed by atoms with Gasteiger partial charge in [-0.15, -0.1) is 0 Å². The summed E-state index contributed by atoms with van der Waals surface area (Å²) < 4.78 is 11.3. The van der Waals surface area contributed by atoms with Gasteiger partial charge in [-0.05, 0) is 18.6 Å². The third-order valence-corrected chi connectivity index (χ3v) is 4.57. The first-order valence-electron chi connectivity index (χ1n) is 6.55. The number of rotatable bonds is 6. The lowest BCUT2D eigenvalue weighted by Crippen LogP contribution is -2.16. The molecule has 2 rings (SSSR count). The first kappa shape index (κ1) is 15.4. The van der Waals surface area contributed by atoms with Crippen LogP contribution in [-0.4, -0.2) is 43.3 Å². The van der Waals surface area contributed by atoms with Gasteiger partial charge >= 0.3 is 5.97 Å². The van der Waals surface area contributed by atoms with E-state index in [0.717, 1.165) is 5.39 Å². The van der Waals surface area contributed by atoms with Crippen molar-refractivity contribution >= 4 is 33.5 Å². The predicted molar refractivity (Wildman–Crippen MR) is 83.1 cm³/mol. The van der Waals surface area contributed by atoms with Gasteiger partial charge in [0.2, 0.25) is 5.82 Å². The molecule has 1 aromatic carbocycles. The standard InChI is InChI=1S/C14H17N3O3S/c1-9(21(2)20)7-8-15-12-10-5-3-4-6-11(10)16-13(17-12)14(18)19/h3-6,9H,7-8H2,1-2H3,(H,18,19)(H,15,16,17). The molecular formula is C14H17N3O3S. The minimum atomic E-state index is -1.16. The van der Waals surface area contributed by atoms with Crippen LogP contribution in [0.3, 0.4) is 0 Å². The van der Waals surface area contributed by atoms with Gasteiger partial charge in [-0.1, -0.05) is 19.1 Å². The number of benzene rings is 1. The topological polar surface area (TPSA) is 92.2 Å². The Morgan fingerprint density at radius 2 is 2.10 bits per heavy atom. The van der Waals surface area contributed by atoms with E-state index in [2.05, 4.69) is 15.3 Å². The molecule has 0 radical (unpaired) electrons. The van der Waals surface area contributed by atoms with Crippen molar-refractivity contribution in [2.75, 3.05) is 18.1 Å². The highest BCUT2D eigenvalue weighted by molar-refractivity contribution is 7.84. The number of hydrogen-bond donors (Lipinski definition) is 2. The Morgan fingerprint density at radius 1 is 1.38 bits per heavy atom. The lowest BCUT2D eigenvalue weighted by molar-refractivity contribution is 0.0684. The number of aromatic carboxylic acids is 1. The molecule has 21 heavy (non-hydrogen) atoms. The highest BCUT2D eigenvalue weighted by Crippen LogP contribution is 2.20. The van der Waals surface area contributed by atoms with Gasteiger partial charge in [-0.2, -0.15) is 0 Å². The maximum atomic E-state index is 11.3. The van der Waals surface area contributed by atoms with Crippen molar-refractivity contribution in [2.24, 2.45) is 0 Å². The van der Waals surface area contributed by atoms with Crippen LogP contribution in [0.15, 0.2) is 24.3 Å². The van der Waals surface area contributed by atoms with Crippen LogP contribution >= 0.6 is 0 Å². The molecule has 6 nitrogen and oxygen atoms in total. The first-order chi connectivity index (χ1) is 9.99. The molecule has 0 fully saturated rings. The number of aromatic nitrogens is 2. The Hall–Kier alpha value is -2.02. The summed E-state index contributed by atoms with van der Waals surface area (Å²) >= 11 is 0. The number of para-hydroxylation sites is 1. The Labute approximate surface area is 125 Å². The van der Waals surface area contributed by atoms with E-state index in [-0.39, 0.29) is 11.1 Å². The lowest BCUT2D eigenvalue weighted by Gasteiger charge is -2.11. The summed E-state index contributed by atoms with van der Waals surface area (Å²) in [5, 5.41) is 13.0. The number of carbonyl (C=O) groups is 1. The zero-order valence-corrected chi connectivity index (χ0v) is 12.7. The Kier molecular flexibility index (Phi) is 4.85. The fourth-order valence-corrected chi connectivity index (χ4v) is 2.32. The summed E-state index contributed by atoms with van der Waals surface area (Å²) in [6.07, 6.45) is 2.39. The summed E-state index contributed by atoms with van der Waals surface area (Å²) in [6.45, 7) is 2.49. The highest BCUT2D eigenvalue weighted by Gasteiger charge is 2.13. The number of nitrogens with zero attached hydrogens (tertiary/aromatic N) is 2. The summed E-state index contributed by atoms with van der Waals surface area (Å²) in [5.41, 5.74) is 0.583. The third-order valence-electron chi connectivity index (χ3n) is 3.20. The van der Waals surface area contributed by atoms with Crippen LogP contribution in [0.4, 0.5) is 5.82 Å². The molecule has 2 unspecified atom stereocenters. The van der Waals surface area contributed by atoms with Crippen LogP contribution in [0, 0.1) is 0 Å². The van der Waals surface area contributed by atoms with E-state index in [1.54, 1.807) is 18.4 Å². The van der Waals surface area contributed by atoms with Gasteiger partial charge in [0.1, 0.15) is 5.82 Å². The summed E-state index contributed by atoms with van der Waals surface area (Å²) in [7, 11) is -0.874. The van der Waals surface area contributed by atoms with E-state index < -0.39 is 16.8 Å². The van der Waals surface area contributed by atoms with Gasteiger partial charge in [0, 0.05) is 34.2 Å². The molecule has 0 amide bonds. The maximum absolute atomic E-state index is 11.3. The van der Waals surface area contributed by atoms with Crippen LogP contribution in [0.2, 0.25) is 0 Å². The Balaban J connectivity index is 2.25. The number of fused-ring (bicyclic) bond motifs is 1. The van der Waals surface area contributed by atoms with Crippen LogP contribution in [0.1, 0.15) is 24.0 Å². The monoisotopic (exact) mass is 307 g/mol. The minimum absolute atomic E-state index is 0.0737. The predicted octanol–water partition coefficient (Wildman–Crippen LogP) is 1.90. The van der Waals surface area contributed by atoms with Crippen molar-refractivity contribution in [3.8, 4) is 0 Å². The molecule has 2 N–H and O–H groups in total. The summed E-state index contributed by atoms with van der Waals surface area (Å²) in [6, 6.07) is 7.23. The fourth-order valence-electron chi connectivity index (χ4n) is 1.87. The number of carboxylic acids is 1. The minimum Gasteiger partial charge on any atom is -0.475 e. The van der Waals surface area contributed by atoms with E-state index in [1.807, 2.05) is 19.1 Å². The normalized spacial score (nSPS) is 13.8. The number of carboxylic acid groups (broad SMARTS) is 1. The molecule has 0 bridgehead atoms. The van der Waals surface area contributed by atoms with Crippen molar-refractivity contribution in [3.05, 3.63) is 30.1 Å². The molecule has 112 valence electrons. The SMILES string of the molecule is CC(CCNc1nc(C(=O)O)nc2ccccc12)S(C)=O. The second-order valence-corrected chi connectivity index (χ2v) is 6.54. The zero-order valence-electron chi connectivity index (χ0n) is 11.9. The molecule has 1 heterocycles. The quantitative estimate of drug-likeness (QED) is 0.847. The second-order valence-electron chi connectivity index (χ2n) is 4.74. The first-order valence-corrected chi connectivity index (χ1v) is 8.17. The van der Waals surface area contributed by atoms with Crippen LogP contribution < -0.4 is 5.32 Å². The van der Waals surface area contributed by atoms with Gasteiger partial charge < -0.3 is 10.4 Å². The van der Waals surface area contributed by atoms with Gasteiger partial charge in [0.05, 0.1) is 5.52 Å². The van der Waals surface area contributed by atoms with Crippen LogP contribution in [0.25, 0.3) is 10.9 Å². The van der Waals surface area contributed by atoms with E-state index in [1.165, 1.54) is 0 Å². The average molecular weight is 307 g/mol. The molecule has 1 aromatic heterocycles. The average Bonchev–Trinajstić information content (AvgIpc) is 2.46. The zero-order chi connectivity index (χ0) is 15.4. The van der Waals surface area contributed by atoms with Crippen molar-refractivity contribution < 1.29 is 14.1 Å². The van der Waals surface area contributed by atoms with E-state index >= 15 is 0 Å². The number of nitrogens with one attached hydrogen (secondary N) is 1. The molecular weight excluding hydrogens is 290 g/mol. The fraction of sp³-hybridized carbons (Fsp3) is 0.357. The molecule has 7 heteroatoms. The molecule has 0 aliphatic heterocycles. The molecule has 0 spiro atoms. The van der Waals surface area contributed by atoms with Gasteiger partial charge in [-0.25, -0.2) is 14.8 Å². The van der Waals surface area contributed by atoms with Crippen molar-refractivity contribution in [2.45, 2.75) is 18.6 Å². The molecule has 2 aromatic rings. The smallest absolute Gasteiger partial charge is 0.374 e. The number of anilines is 1. The molecule has 0 aliphatic carbocycles. The molecule has 2 atom stereocenters. The Bertz CT molecular complexity index is 690. The van der Waals surface area contributed by atoms with Crippen molar-refractivity contribution in [1.82, 2.24) is 9.97 Å². The van der Waals surface area contributed by atoms with Gasteiger partial charge in [0.15, 0.2) is 0 Å². The third kappa shape index (κ3) is 3.75. The van der Waals surface area contributed by atoms with Gasteiger partial charge in [0.25, 0.3) is 0 Å². The lowest BCUT2D eigenvalue weighted by atomic mass is 10.2. The van der Waals surface area contributed by atoms with Crippen molar-refractivity contribution in [1.29, 1.82) is 0 Å². The molecule has 0 saturated carbocycles. The molecule has 0 saturated heterocycles. The van der Waals surface area contributed by atoms with E-state index in [4.69, 9.17) is 5.11 Å². The number of hydrogen-bond acceptors (Lipinski definition) is 5. The van der Waals surface area contributed by atoms with Crippen LogP contribution in [0.5, 0.6) is 0 Å². The van der Waals surface area contributed by atoms with Crippen molar-refractivity contribution in [3.63, 3.8) is 0 Å². The van der Waals surface area contributed by atoms with Gasteiger partial charge in [-0.3, -0.25) is 4.21 Å². The second kappa shape index (κ2) is 6.62. The molecule has 0 aliphatic rings. The summed E-state index contributed by atoms with van der Waals surface area (Å²) in [5.74, 6) is -0.901.